The van der Waals surface area contributed by atoms with Crippen molar-refractivity contribution in [3.8, 4) is 0 Å². The zero-order valence-corrected chi connectivity index (χ0v) is 12.2. The summed E-state index contributed by atoms with van der Waals surface area (Å²) in [5, 5.41) is 3.47. The Morgan fingerprint density at radius 2 is 1.80 bits per heavy atom. The highest BCUT2D eigenvalue weighted by atomic mass is 32.2. The van der Waals surface area contributed by atoms with E-state index in [0.717, 1.165) is 31.5 Å². The van der Waals surface area contributed by atoms with Gasteiger partial charge in [0.25, 0.3) is 0 Å². The van der Waals surface area contributed by atoms with Crippen LogP contribution in [0.15, 0.2) is 29.2 Å². The van der Waals surface area contributed by atoms with E-state index >= 15 is 0 Å². The van der Waals surface area contributed by atoms with Crippen LogP contribution in [0.25, 0.3) is 0 Å². The summed E-state index contributed by atoms with van der Waals surface area (Å²) in [4.78, 5) is 2.54. The quantitative estimate of drug-likeness (QED) is 0.857. The number of halogens is 3. The van der Waals surface area contributed by atoms with Gasteiger partial charge in [-0.3, -0.25) is 0 Å². The molecule has 0 radical (unpaired) electrons. The first kappa shape index (κ1) is 15.7. The fourth-order valence-corrected chi connectivity index (χ4v) is 2.82. The van der Waals surface area contributed by atoms with Gasteiger partial charge in [0.05, 0.1) is 0 Å². The molecule has 0 saturated carbocycles. The lowest BCUT2D eigenvalue weighted by Crippen LogP contribution is -2.40. The van der Waals surface area contributed by atoms with Crippen LogP contribution in [-0.4, -0.2) is 36.6 Å². The predicted octanol–water partition coefficient (Wildman–Crippen LogP) is 3.48. The minimum absolute atomic E-state index is 0.0701. The molecule has 20 heavy (non-hydrogen) atoms. The van der Waals surface area contributed by atoms with Gasteiger partial charge in [0.1, 0.15) is 0 Å². The van der Waals surface area contributed by atoms with Crippen molar-refractivity contribution in [3.05, 3.63) is 29.8 Å². The van der Waals surface area contributed by atoms with Crippen molar-refractivity contribution in [2.45, 2.75) is 35.8 Å². The maximum atomic E-state index is 12.2. The van der Waals surface area contributed by atoms with Gasteiger partial charge < -0.3 is 10.2 Å². The molecule has 0 amide bonds. The molecule has 0 unspecified atom stereocenters. The van der Waals surface area contributed by atoms with E-state index in [0.29, 0.717) is 12.6 Å². The van der Waals surface area contributed by atoms with Gasteiger partial charge in [-0.25, -0.2) is 0 Å². The van der Waals surface area contributed by atoms with Crippen molar-refractivity contribution in [1.82, 2.24) is 10.2 Å². The van der Waals surface area contributed by atoms with Crippen molar-refractivity contribution in [2.24, 2.45) is 0 Å². The summed E-state index contributed by atoms with van der Waals surface area (Å²) in [5.41, 5.74) is -3.19. The van der Waals surface area contributed by atoms with Crippen molar-refractivity contribution in [1.29, 1.82) is 0 Å². The van der Waals surface area contributed by atoms with Crippen LogP contribution in [0.4, 0.5) is 13.2 Å². The molecule has 1 saturated heterocycles. The summed E-state index contributed by atoms with van der Waals surface area (Å²) in [6, 6.07) is 7.09. The van der Waals surface area contributed by atoms with Gasteiger partial charge in [0, 0.05) is 17.5 Å². The Kier molecular flexibility index (Phi) is 5.35. The van der Waals surface area contributed by atoms with Crippen LogP contribution in [-0.2, 0) is 6.54 Å². The van der Waals surface area contributed by atoms with Crippen molar-refractivity contribution < 1.29 is 13.2 Å². The number of alkyl halides is 3. The van der Waals surface area contributed by atoms with Gasteiger partial charge in [-0.1, -0.05) is 12.1 Å². The number of benzene rings is 1. The first-order chi connectivity index (χ1) is 9.42. The number of nitrogens with one attached hydrogen (secondary N) is 1. The molecule has 0 aromatic heterocycles. The molecule has 1 aromatic rings. The fraction of sp³-hybridized carbons (Fsp3) is 0.571. The van der Waals surface area contributed by atoms with Crippen molar-refractivity contribution in [2.75, 3.05) is 20.1 Å². The van der Waals surface area contributed by atoms with Crippen LogP contribution in [0.2, 0.25) is 0 Å². The standard InChI is InChI=1S/C14H19F3N2S/c1-19-8-6-12(7-9-19)18-10-11-2-4-13(5-3-11)20-14(15,16)17/h2-5,12,18H,6-10H2,1H3. The lowest BCUT2D eigenvalue weighted by Gasteiger charge is -2.29. The Balaban J connectivity index is 1.79. The van der Waals surface area contributed by atoms with E-state index < -0.39 is 5.51 Å². The number of hydrogen-bond acceptors (Lipinski definition) is 3. The highest BCUT2D eigenvalue weighted by molar-refractivity contribution is 8.00. The topological polar surface area (TPSA) is 15.3 Å². The Bertz CT molecular complexity index is 411. The Labute approximate surface area is 121 Å². The smallest absolute Gasteiger partial charge is 0.310 e. The summed E-state index contributed by atoms with van der Waals surface area (Å²) in [5.74, 6) is 0. The molecule has 2 rings (SSSR count). The lowest BCUT2D eigenvalue weighted by atomic mass is 10.1. The van der Waals surface area contributed by atoms with Gasteiger partial charge in [0.15, 0.2) is 0 Å². The second kappa shape index (κ2) is 6.83. The Morgan fingerprint density at radius 1 is 1.20 bits per heavy atom. The number of thioether (sulfide) groups is 1. The highest BCUT2D eigenvalue weighted by Crippen LogP contribution is 2.36. The SMILES string of the molecule is CN1CCC(NCc2ccc(SC(F)(F)F)cc2)CC1. The van der Waals surface area contributed by atoms with Gasteiger partial charge >= 0.3 is 5.51 Å². The molecule has 0 aliphatic carbocycles. The van der Waals surface area contributed by atoms with E-state index in [1.807, 2.05) is 0 Å². The third-order valence-corrected chi connectivity index (χ3v) is 4.21. The van der Waals surface area contributed by atoms with Crippen LogP contribution in [0.5, 0.6) is 0 Å². The molecule has 1 aliphatic rings. The van der Waals surface area contributed by atoms with E-state index in [-0.39, 0.29) is 16.7 Å². The van der Waals surface area contributed by atoms with E-state index in [1.54, 1.807) is 12.1 Å². The number of rotatable bonds is 4. The average molecular weight is 304 g/mol. The number of hydrogen-bond donors (Lipinski definition) is 1. The van der Waals surface area contributed by atoms with Crippen LogP contribution in [0.3, 0.4) is 0 Å². The Hall–Kier alpha value is -0.720. The van der Waals surface area contributed by atoms with E-state index in [9.17, 15) is 13.2 Å². The fourth-order valence-electron chi connectivity index (χ4n) is 2.28. The number of piperidine rings is 1. The molecular formula is C14H19F3N2S. The molecule has 6 heteroatoms. The molecule has 2 nitrogen and oxygen atoms in total. The molecule has 1 aromatic carbocycles. The number of likely N-dealkylation sites (tertiary alicyclic amines) is 1. The van der Waals surface area contributed by atoms with Crippen molar-refractivity contribution in [3.63, 3.8) is 0 Å². The summed E-state index contributed by atoms with van der Waals surface area (Å²) in [7, 11) is 2.12. The molecule has 1 aliphatic heterocycles. The molecule has 0 atom stereocenters. The predicted molar refractivity (Wildman–Crippen MR) is 75.7 cm³/mol. The molecular weight excluding hydrogens is 285 g/mol. The zero-order chi connectivity index (χ0) is 14.6. The molecule has 0 bridgehead atoms. The van der Waals surface area contributed by atoms with Crippen LogP contribution < -0.4 is 5.32 Å². The molecule has 0 spiro atoms. The number of nitrogens with zero attached hydrogens (tertiary/aromatic N) is 1. The summed E-state index contributed by atoms with van der Waals surface area (Å²) in [6.45, 7) is 2.91. The molecule has 1 fully saturated rings. The van der Waals surface area contributed by atoms with E-state index in [1.165, 1.54) is 12.1 Å². The van der Waals surface area contributed by atoms with Gasteiger partial charge in [-0.05, 0) is 62.4 Å². The summed E-state index contributed by atoms with van der Waals surface area (Å²) in [6.07, 6.45) is 2.25. The monoisotopic (exact) mass is 304 g/mol. The van der Waals surface area contributed by atoms with E-state index in [4.69, 9.17) is 0 Å². The van der Waals surface area contributed by atoms with Gasteiger partial charge in [-0.2, -0.15) is 13.2 Å². The van der Waals surface area contributed by atoms with Crippen LogP contribution in [0.1, 0.15) is 18.4 Å². The zero-order valence-electron chi connectivity index (χ0n) is 11.4. The summed E-state index contributed by atoms with van der Waals surface area (Å²) < 4.78 is 36.6. The minimum Gasteiger partial charge on any atom is -0.310 e. The van der Waals surface area contributed by atoms with Crippen LogP contribution in [0, 0.1) is 0 Å². The first-order valence-electron chi connectivity index (χ1n) is 6.69. The molecule has 112 valence electrons. The van der Waals surface area contributed by atoms with Crippen molar-refractivity contribution >= 4 is 11.8 Å². The highest BCUT2D eigenvalue weighted by Gasteiger charge is 2.29. The maximum absolute atomic E-state index is 12.2. The lowest BCUT2D eigenvalue weighted by molar-refractivity contribution is -0.0328. The maximum Gasteiger partial charge on any atom is 0.446 e. The normalized spacial score (nSPS) is 18.4. The van der Waals surface area contributed by atoms with E-state index in [2.05, 4.69) is 17.3 Å². The summed E-state index contributed by atoms with van der Waals surface area (Å²) >= 11 is -0.0701. The third-order valence-electron chi connectivity index (χ3n) is 3.47. The largest absolute Gasteiger partial charge is 0.446 e. The second-order valence-electron chi connectivity index (χ2n) is 5.15. The Morgan fingerprint density at radius 3 is 2.35 bits per heavy atom. The van der Waals surface area contributed by atoms with Gasteiger partial charge in [-0.15, -0.1) is 0 Å². The minimum atomic E-state index is -4.21. The second-order valence-corrected chi connectivity index (χ2v) is 6.29. The average Bonchev–Trinajstić information content (AvgIpc) is 2.38. The van der Waals surface area contributed by atoms with Gasteiger partial charge in [0.2, 0.25) is 0 Å². The molecule has 1 N–H and O–H groups in total. The first-order valence-corrected chi connectivity index (χ1v) is 7.51. The molecule has 1 heterocycles. The third kappa shape index (κ3) is 5.34. The van der Waals surface area contributed by atoms with Crippen LogP contribution >= 0.6 is 11.8 Å².